The Morgan fingerprint density at radius 1 is 0.282 bits per heavy atom. The van der Waals surface area contributed by atoms with Crippen molar-refractivity contribution in [3.8, 4) is 0 Å². The van der Waals surface area contributed by atoms with E-state index in [0.717, 1.165) is 83.5 Å². The number of hydrogen-bond acceptors (Lipinski definition) is 6. The van der Waals surface area contributed by atoms with Gasteiger partial charge in [-0.25, -0.2) is 0 Å². The van der Waals surface area contributed by atoms with E-state index < -0.39 is 6.10 Å². The number of carbonyl (C=O) groups is 3. The average molecular weight is 996 g/mol. The van der Waals surface area contributed by atoms with Crippen molar-refractivity contribution in [2.75, 3.05) is 13.2 Å². The molecule has 0 N–H and O–H groups in total. The fourth-order valence-electron chi connectivity index (χ4n) is 9.07. The van der Waals surface area contributed by atoms with Crippen LogP contribution in [0.25, 0.3) is 0 Å². The van der Waals surface area contributed by atoms with E-state index in [0.29, 0.717) is 19.3 Å². The van der Waals surface area contributed by atoms with Crippen LogP contribution in [0, 0.1) is 0 Å². The summed E-state index contributed by atoms with van der Waals surface area (Å²) in [5.41, 5.74) is 0. The van der Waals surface area contributed by atoms with Crippen LogP contribution in [-0.4, -0.2) is 37.2 Å². The summed E-state index contributed by atoms with van der Waals surface area (Å²) in [5, 5.41) is 0. The highest BCUT2D eigenvalue weighted by Crippen LogP contribution is 2.16. The molecule has 0 aromatic heterocycles. The Morgan fingerprint density at radius 3 is 0.789 bits per heavy atom. The summed E-state index contributed by atoms with van der Waals surface area (Å²) >= 11 is 0. The van der Waals surface area contributed by atoms with Crippen LogP contribution in [0.5, 0.6) is 0 Å². The second-order valence-corrected chi connectivity index (χ2v) is 21.0. The highest BCUT2D eigenvalue weighted by atomic mass is 16.6. The quantitative estimate of drug-likeness (QED) is 0.0199. The Kier molecular flexibility index (Phi) is 57.7. The second-order valence-electron chi connectivity index (χ2n) is 21.0. The Morgan fingerprint density at radius 2 is 0.507 bits per heavy atom. The third kappa shape index (κ3) is 58.1. The van der Waals surface area contributed by atoms with E-state index in [1.165, 1.54) is 205 Å². The zero-order valence-corrected chi connectivity index (χ0v) is 47.5. The first-order valence-corrected chi connectivity index (χ1v) is 31.2. The number of esters is 3. The van der Waals surface area contributed by atoms with Gasteiger partial charge in [0.15, 0.2) is 6.10 Å². The molecule has 6 nitrogen and oxygen atoms in total. The van der Waals surface area contributed by atoms with Gasteiger partial charge in [0.1, 0.15) is 13.2 Å². The molecule has 0 spiro atoms. The molecule has 0 heterocycles. The molecular weight excluding hydrogens is 877 g/mol. The van der Waals surface area contributed by atoms with Gasteiger partial charge in [0, 0.05) is 19.3 Å². The van der Waals surface area contributed by atoms with Crippen LogP contribution in [0.2, 0.25) is 0 Å². The smallest absolute Gasteiger partial charge is 0.306 e. The maximum atomic E-state index is 12.9. The molecule has 0 aromatic rings. The Labute approximate surface area is 441 Å². The van der Waals surface area contributed by atoms with E-state index in [4.69, 9.17) is 14.2 Å². The minimum absolute atomic E-state index is 0.0826. The van der Waals surface area contributed by atoms with E-state index in [1.54, 1.807) is 0 Å². The van der Waals surface area contributed by atoms with Gasteiger partial charge in [0.05, 0.1) is 0 Å². The summed E-state index contributed by atoms with van der Waals surface area (Å²) in [6.07, 6.45) is 73.9. The maximum Gasteiger partial charge on any atom is 0.306 e. The second kappa shape index (κ2) is 59.9. The number of allylic oxidation sites excluding steroid dienone is 8. The van der Waals surface area contributed by atoms with Crippen LogP contribution in [0.15, 0.2) is 48.6 Å². The van der Waals surface area contributed by atoms with Crippen molar-refractivity contribution >= 4 is 17.9 Å². The van der Waals surface area contributed by atoms with E-state index in [2.05, 4.69) is 69.4 Å². The van der Waals surface area contributed by atoms with Gasteiger partial charge in [-0.1, -0.05) is 262 Å². The van der Waals surface area contributed by atoms with Crippen LogP contribution < -0.4 is 0 Å². The third-order valence-corrected chi connectivity index (χ3v) is 13.8. The highest BCUT2D eigenvalue weighted by molar-refractivity contribution is 5.71. The standard InChI is InChI=1S/C65H118O6/c1-4-7-10-13-16-19-22-25-28-31-33-35-37-40-43-46-49-52-55-58-64(67)70-61-62(60-69-63(66)57-54-51-48-45-42-39-36-30-27-24-21-18-15-12-9-6-3)71-65(68)59-56-53-50-47-44-41-38-34-32-29-26-23-20-17-14-11-8-5-2/h29-34,36,38,62H,4-28,35,37,39-61H2,1-3H3/b32-29-,33-31-,36-30-,38-34-. The average Bonchev–Trinajstić information content (AvgIpc) is 3.37. The van der Waals surface area contributed by atoms with Crippen molar-refractivity contribution in [1.29, 1.82) is 0 Å². The summed E-state index contributed by atoms with van der Waals surface area (Å²) in [4.78, 5) is 38.3. The summed E-state index contributed by atoms with van der Waals surface area (Å²) in [6.45, 7) is 6.65. The first-order chi connectivity index (χ1) is 35.0. The summed E-state index contributed by atoms with van der Waals surface area (Å²) in [5.74, 6) is -0.893. The minimum atomic E-state index is -0.786. The van der Waals surface area contributed by atoms with Crippen LogP contribution in [0.3, 0.4) is 0 Å². The predicted octanol–water partition coefficient (Wildman–Crippen LogP) is 21.0. The Balaban J connectivity index is 4.39. The lowest BCUT2D eigenvalue weighted by Gasteiger charge is -2.18. The normalized spacial score (nSPS) is 12.3. The molecule has 0 aliphatic carbocycles. The molecular formula is C65H118O6. The molecule has 1 atom stereocenters. The van der Waals surface area contributed by atoms with Crippen LogP contribution in [0.1, 0.15) is 329 Å². The van der Waals surface area contributed by atoms with Crippen molar-refractivity contribution in [1.82, 2.24) is 0 Å². The molecule has 71 heavy (non-hydrogen) atoms. The summed E-state index contributed by atoms with van der Waals surface area (Å²) in [6, 6.07) is 0. The van der Waals surface area contributed by atoms with Crippen LogP contribution >= 0.6 is 0 Å². The van der Waals surface area contributed by atoms with Crippen molar-refractivity contribution in [2.24, 2.45) is 0 Å². The first-order valence-electron chi connectivity index (χ1n) is 31.2. The molecule has 0 rings (SSSR count). The van der Waals surface area contributed by atoms with Gasteiger partial charge >= 0.3 is 17.9 Å². The molecule has 0 saturated carbocycles. The van der Waals surface area contributed by atoms with Crippen LogP contribution in [0.4, 0.5) is 0 Å². The van der Waals surface area contributed by atoms with Gasteiger partial charge in [-0.3, -0.25) is 14.4 Å². The van der Waals surface area contributed by atoms with Crippen molar-refractivity contribution in [3.05, 3.63) is 48.6 Å². The largest absolute Gasteiger partial charge is 0.462 e. The van der Waals surface area contributed by atoms with Crippen LogP contribution in [-0.2, 0) is 28.6 Å². The number of carbonyl (C=O) groups excluding carboxylic acids is 3. The van der Waals surface area contributed by atoms with Gasteiger partial charge in [-0.2, -0.15) is 0 Å². The number of ether oxygens (including phenoxy) is 3. The fourth-order valence-corrected chi connectivity index (χ4v) is 9.07. The van der Waals surface area contributed by atoms with Crippen molar-refractivity contribution < 1.29 is 28.6 Å². The molecule has 0 aliphatic rings. The van der Waals surface area contributed by atoms with E-state index in [-0.39, 0.29) is 31.1 Å². The molecule has 0 aromatic carbocycles. The van der Waals surface area contributed by atoms with Gasteiger partial charge in [0.2, 0.25) is 0 Å². The molecule has 0 radical (unpaired) electrons. The van der Waals surface area contributed by atoms with E-state index in [1.807, 2.05) is 0 Å². The third-order valence-electron chi connectivity index (χ3n) is 13.8. The van der Waals surface area contributed by atoms with Gasteiger partial charge in [-0.15, -0.1) is 0 Å². The number of rotatable bonds is 57. The Hall–Kier alpha value is -2.63. The van der Waals surface area contributed by atoms with Gasteiger partial charge in [0.25, 0.3) is 0 Å². The monoisotopic (exact) mass is 995 g/mol. The summed E-state index contributed by atoms with van der Waals surface area (Å²) in [7, 11) is 0. The zero-order valence-electron chi connectivity index (χ0n) is 47.5. The maximum absolute atomic E-state index is 12.9. The SMILES string of the molecule is CCCCCCCCC/C=C\C=C/CCCCCCCC(=O)OC(COC(=O)CCCCCCC/C=C\CCCCCCCCC)COC(=O)CCCCCCCCC/C=C\CCCCCCCCCC. The van der Waals surface area contributed by atoms with Gasteiger partial charge in [-0.05, 0) is 96.3 Å². The number of unbranched alkanes of at least 4 members (excludes halogenated alkanes) is 39. The minimum Gasteiger partial charge on any atom is -0.462 e. The molecule has 0 amide bonds. The lowest BCUT2D eigenvalue weighted by molar-refractivity contribution is -0.167. The zero-order chi connectivity index (χ0) is 51.4. The molecule has 0 fully saturated rings. The molecule has 1 unspecified atom stereocenters. The molecule has 6 heteroatoms. The lowest BCUT2D eigenvalue weighted by Crippen LogP contribution is -2.30. The fraction of sp³-hybridized carbons (Fsp3) is 0.831. The summed E-state index contributed by atoms with van der Waals surface area (Å²) < 4.78 is 16.9. The molecule has 0 aliphatic heterocycles. The molecule has 0 bridgehead atoms. The molecule has 414 valence electrons. The van der Waals surface area contributed by atoms with Gasteiger partial charge < -0.3 is 14.2 Å². The highest BCUT2D eigenvalue weighted by Gasteiger charge is 2.19. The van der Waals surface area contributed by atoms with E-state index >= 15 is 0 Å². The molecule has 0 saturated heterocycles. The number of hydrogen-bond donors (Lipinski definition) is 0. The predicted molar refractivity (Wildman–Crippen MR) is 307 cm³/mol. The van der Waals surface area contributed by atoms with E-state index in [9.17, 15) is 14.4 Å². The topological polar surface area (TPSA) is 78.9 Å². The lowest BCUT2D eigenvalue weighted by atomic mass is 10.1. The Bertz CT molecular complexity index is 1230. The van der Waals surface area contributed by atoms with Crippen molar-refractivity contribution in [3.63, 3.8) is 0 Å². The van der Waals surface area contributed by atoms with Crippen molar-refractivity contribution in [2.45, 2.75) is 335 Å². The first kappa shape index (κ1) is 68.4.